The van der Waals surface area contributed by atoms with E-state index in [1.807, 2.05) is 0 Å². The number of esters is 1. The average Bonchev–Trinajstić information content (AvgIpc) is 2.78. The number of aromatic nitrogens is 1. The fraction of sp³-hybridized carbons (Fsp3) is 0.462. The lowest BCUT2D eigenvalue weighted by atomic mass is 10.1. The number of amides is 1. The summed E-state index contributed by atoms with van der Waals surface area (Å²) in [5.74, 6) is -1.46. The molecular formula is C13H13F3N2O3. The molecule has 0 N–H and O–H groups in total. The molecule has 2 heterocycles. The summed E-state index contributed by atoms with van der Waals surface area (Å²) < 4.78 is 42.3. The van der Waals surface area contributed by atoms with Gasteiger partial charge in [-0.1, -0.05) is 0 Å². The van der Waals surface area contributed by atoms with Crippen molar-refractivity contribution in [1.82, 2.24) is 4.98 Å². The second kappa shape index (κ2) is 5.34. The first-order chi connectivity index (χ1) is 9.74. The maximum atomic E-state index is 12.6. The van der Waals surface area contributed by atoms with Crippen molar-refractivity contribution in [2.45, 2.75) is 19.5 Å². The smallest absolute Gasteiger partial charge is 0.433 e. The highest BCUT2D eigenvalue weighted by molar-refractivity contribution is 5.99. The second-order valence-electron chi connectivity index (χ2n) is 4.73. The monoisotopic (exact) mass is 302 g/mol. The van der Waals surface area contributed by atoms with Gasteiger partial charge in [0.1, 0.15) is 5.69 Å². The van der Waals surface area contributed by atoms with Crippen molar-refractivity contribution in [2.24, 2.45) is 5.92 Å². The molecule has 5 nitrogen and oxygen atoms in total. The Kier molecular flexibility index (Phi) is 3.89. The molecule has 0 aliphatic carbocycles. The third kappa shape index (κ3) is 2.98. The number of halogens is 3. The molecule has 0 spiro atoms. The largest absolute Gasteiger partial charge is 0.469 e. The first-order valence-electron chi connectivity index (χ1n) is 6.17. The van der Waals surface area contributed by atoms with Gasteiger partial charge < -0.3 is 9.64 Å². The van der Waals surface area contributed by atoms with Crippen LogP contribution in [-0.2, 0) is 20.5 Å². The number of alkyl halides is 3. The van der Waals surface area contributed by atoms with Crippen molar-refractivity contribution in [3.8, 4) is 0 Å². The number of rotatable bonds is 2. The third-order valence-corrected chi connectivity index (χ3v) is 3.30. The number of anilines is 1. The Bertz CT molecular complexity index is 587. The molecule has 114 valence electrons. The minimum atomic E-state index is -4.53. The quantitative estimate of drug-likeness (QED) is 0.783. The molecule has 1 unspecified atom stereocenters. The number of hydrogen-bond donors (Lipinski definition) is 0. The summed E-state index contributed by atoms with van der Waals surface area (Å²) in [6.07, 6.45) is -4.56. The van der Waals surface area contributed by atoms with Gasteiger partial charge in [0, 0.05) is 13.0 Å². The summed E-state index contributed by atoms with van der Waals surface area (Å²) >= 11 is 0. The van der Waals surface area contributed by atoms with E-state index in [0.29, 0.717) is 0 Å². The molecule has 1 saturated heterocycles. The van der Waals surface area contributed by atoms with Crippen LogP contribution in [0.1, 0.15) is 17.8 Å². The van der Waals surface area contributed by atoms with Gasteiger partial charge in [-0.05, 0) is 19.1 Å². The number of hydrogen-bond acceptors (Lipinski definition) is 4. The number of carbonyl (C=O) groups is 2. The minimum Gasteiger partial charge on any atom is -0.469 e. The zero-order valence-corrected chi connectivity index (χ0v) is 11.4. The van der Waals surface area contributed by atoms with Crippen LogP contribution in [-0.4, -0.2) is 30.5 Å². The molecule has 2 rings (SSSR count). The van der Waals surface area contributed by atoms with Crippen LogP contribution >= 0.6 is 0 Å². The Balaban J connectivity index is 2.27. The predicted molar refractivity (Wildman–Crippen MR) is 66.5 cm³/mol. The Labute approximate surface area is 118 Å². The molecule has 1 aromatic heterocycles. The van der Waals surface area contributed by atoms with Crippen LogP contribution in [0.3, 0.4) is 0 Å². The zero-order chi connectivity index (χ0) is 15.8. The van der Waals surface area contributed by atoms with Crippen LogP contribution in [0.15, 0.2) is 12.1 Å². The lowest BCUT2D eigenvalue weighted by Gasteiger charge is -2.19. The SMILES string of the molecule is COC(=O)C1CC(=O)N(c2ccc(C(F)(F)F)nc2C)C1. The fourth-order valence-corrected chi connectivity index (χ4v) is 2.26. The average molecular weight is 302 g/mol. The summed E-state index contributed by atoms with van der Waals surface area (Å²) in [7, 11) is 1.22. The Morgan fingerprint density at radius 1 is 1.43 bits per heavy atom. The molecule has 1 aliphatic heterocycles. The Hall–Kier alpha value is -2.12. The molecule has 1 amide bonds. The van der Waals surface area contributed by atoms with Crippen LogP contribution in [0.4, 0.5) is 18.9 Å². The van der Waals surface area contributed by atoms with Crippen molar-refractivity contribution >= 4 is 17.6 Å². The molecule has 0 aromatic carbocycles. The fourth-order valence-electron chi connectivity index (χ4n) is 2.26. The number of methoxy groups -OCH3 is 1. The lowest BCUT2D eigenvalue weighted by Crippen LogP contribution is -2.27. The van der Waals surface area contributed by atoms with E-state index in [9.17, 15) is 22.8 Å². The highest BCUT2D eigenvalue weighted by Gasteiger charge is 2.38. The van der Waals surface area contributed by atoms with Gasteiger partial charge in [-0.15, -0.1) is 0 Å². The summed E-state index contributed by atoms with van der Waals surface area (Å²) in [4.78, 5) is 28.1. The van der Waals surface area contributed by atoms with Crippen LogP contribution in [0.25, 0.3) is 0 Å². The maximum Gasteiger partial charge on any atom is 0.433 e. The lowest BCUT2D eigenvalue weighted by molar-refractivity contribution is -0.145. The zero-order valence-electron chi connectivity index (χ0n) is 11.4. The van der Waals surface area contributed by atoms with Crippen molar-refractivity contribution in [2.75, 3.05) is 18.6 Å². The van der Waals surface area contributed by atoms with Crippen LogP contribution < -0.4 is 4.90 Å². The summed E-state index contributed by atoms with van der Waals surface area (Å²) in [6.45, 7) is 1.47. The normalized spacial score (nSPS) is 19.0. The van der Waals surface area contributed by atoms with Crippen molar-refractivity contribution in [3.63, 3.8) is 0 Å². The van der Waals surface area contributed by atoms with Gasteiger partial charge >= 0.3 is 12.1 Å². The van der Waals surface area contributed by atoms with E-state index in [4.69, 9.17) is 0 Å². The van der Waals surface area contributed by atoms with E-state index in [1.54, 1.807) is 0 Å². The molecule has 0 bridgehead atoms. The molecule has 1 fully saturated rings. The number of aryl methyl sites for hydroxylation is 1. The first kappa shape index (κ1) is 15.3. The molecule has 1 aromatic rings. The van der Waals surface area contributed by atoms with Crippen molar-refractivity contribution in [1.29, 1.82) is 0 Å². The van der Waals surface area contributed by atoms with Gasteiger partial charge in [0.25, 0.3) is 0 Å². The van der Waals surface area contributed by atoms with E-state index in [2.05, 4.69) is 9.72 Å². The van der Waals surface area contributed by atoms with E-state index in [0.717, 1.165) is 6.07 Å². The molecule has 0 radical (unpaired) electrons. The molecule has 1 aliphatic rings. The molecule has 0 saturated carbocycles. The van der Waals surface area contributed by atoms with E-state index >= 15 is 0 Å². The van der Waals surface area contributed by atoms with Crippen LogP contribution in [0, 0.1) is 12.8 Å². The minimum absolute atomic E-state index is 0.0207. The number of carbonyl (C=O) groups excluding carboxylic acids is 2. The number of nitrogens with zero attached hydrogens (tertiary/aromatic N) is 2. The molecule has 8 heteroatoms. The van der Waals surface area contributed by atoms with Gasteiger partial charge in [0.15, 0.2) is 0 Å². The molecular weight excluding hydrogens is 289 g/mol. The highest BCUT2D eigenvalue weighted by Crippen LogP contribution is 2.32. The van der Waals surface area contributed by atoms with Gasteiger partial charge in [-0.2, -0.15) is 13.2 Å². The highest BCUT2D eigenvalue weighted by atomic mass is 19.4. The van der Waals surface area contributed by atoms with Crippen LogP contribution in [0.2, 0.25) is 0 Å². The summed E-state index contributed by atoms with van der Waals surface area (Å²) in [5, 5.41) is 0. The summed E-state index contributed by atoms with van der Waals surface area (Å²) in [6, 6.07) is 2.02. The number of ether oxygens (including phenoxy) is 1. The maximum absolute atomic E-state index is 12.6. The second-order valence-corrected chi connectivity index (χ2v) is 4.73. The van der Waals surface area contributed by atoms with Crippen LogP contribution in [0.5, 0.6) is 0 Å². The van der Waals surface area contributed by atoms with Crippen molar-refractivity contribution < 1.29 is 27.5 Å². The van der Waals surface area contributed by atoms with Gasteiger partial charge in [-0.3, -0.25) is 9.59 Å². The predicted octanol–water partition coefficient (Wildman–Crippen LogP) is 1.93. The molecule has 21 heavy (non-hydrogen) atoms. The van der Waals surface area contributed by atoms with Gasteiger partial charge in [-0.25, -0.2) is 4.98 Å². The third-order valence-electron chi connectivity index (χ3n) is 3.30. The molecule has 1 atom stereocenters. The van der Waals surface area contributed by atoms with Gasteiger partial charge in [0.05, 0.1) is 24.4 Å². The number of pyridine rings is 1. The first-order valence-corrected chi connectivity index (χ1v) is 6.17. The Morgan fingerprint density at radius 3 is 2.62 bits per heavy atom. The topological polar surface area (TPSA) is 59.5 Å². The van der Waals surface area contributed by atoms with Crippen molar-refractivity contribution in [3.05, 3.63) is 23.5 Å². The summed E-state index contributed by atoms with van der Waals surface area (Å²) in [5.41, 5.74) is -0.650. The standard InChI is InChI=1S/C13H13F3N2O3/c1-7-9(3-4-10(17-7)13(14,15)16)18-6-8(5-11(18)19)12(20)21-2/h3-4,8H,5-6H2,1-2H3. The van der Waals surface area contributed by atoms with E-state index < -0.39 is 23.8 Å². The van der Waals surface area contributed by atoms with Gasteiger partial charge in [0.2, 0.25) is 5.91 Å². The Morgan fingerprint density at radius 2 is 2.10 bits per heavy atom. The van der Waals surface area contributed by atoms with E-state index in [1.165, 1.54) is 25.0 Å². The van der Waals surface area contributed by atoms with E-state index in [-0.39, 0.29) is 30.3 Å².